The van der Waals surface area contributed by atoms with Crippen LogP contribution in [0, 0.1) is 11.3 Å². The zero-order chi connectivity index (χ0) is 22.5. The highest BCUT2D eigenvalue weighted by atomic mass is 31.2. The first-order chi connectivity index (χ1) is 14.0. The molecule has 1 fully saturated rings. The number of piperidine rings is 1. The van der Waals surface area contributed by atoms with Crippen molar-refractivity contribution < 1.29 is 24.2 Å². The van der Waals surface area contributed by atoms with Crippen LogP contribution < -0.4 is 11.1 Å². The Morgan fingerprint density at radius 2 is 1.83 bits per heavy atom. The number of hydrogen-bond donors (Lipinski definition) is 5. The second kappa shape index (κ2) is 9.62. The van der Waals surface area contributed by atoms with Crippen molar-refractivity contribution >= 4 is 25.2 Å². The summed E-state index contributed by atoms with van der Waals surface area (Å²) in [6.45, 7) is 3.56. The minimum Gasteiger partial charge on any atom is -0.480 e. The van der Waals surface area contributed by atoms with Crippen LogP contribution in [0.1, 0.15) is 38.7 Å². The van der Waals surface area contributed by atoms with Crippen molar-refractivity contribution in [3.05, 3.63) is 35.9 Å². The van der Waals surface area contributed by atoms with E-state index in [4.69, 9.17) is 11.1 Å². The third-order valence-corrected chi connectivity index (χ3v) is 9.09. The molecule has 1 aliphatic rings. The molecule has 0 saturated carbocycles. The molecule has 0 spiro atoms. The molecule has 2 atom stereocenters. The van der Waals surface area contributed by atoms with E-state index >= 15 is 0 Å². The summed E-state index contributed by atoms with van der Waals surface area (Å²) in [5, 5.41) is 18.2. The maximum absolute atomic E-state index is 13.6. The highest BCUT2D eigenvalue weighted by molar-refractivity contribution is 7.61. The van der Waals surface area contributed by atoms with E-state index in [1.807, 2.05) is 30.3 Å². The zero-order valence-electron chi connectivity index (χ0n) is 17.4. The third kappa shape index (κ3) is 5.02. The van der Waals surface area contributed by atoms with Crippen LogP contribution in [-0.2, 0) is 20.6 Å². The molecule has 2 unspecified atom stereocenters. The average molecular weight is 438 g/mol. The summed E-state index contributed by atoms with van der Waals surface area (Å²) >= 11 is 0. The minimum atomic E-state index is -4.40. The summed E-state index contributed by atoms with van der Waals surface area (Å²) in [6.07, 6.45) is 0.355. The van der Waals surface area contributed by atoms with Gasteiger partial charge in [0.2, 0.25) is 13.3 Å². The van der Waals surface area contributed by atoms with Crippen molar-refractivity contribution in [2.75, 3.05) is 13.1 Å². The summed E-state index contributed by atoms with van der Waals surface area (Å²) in [5.41, 5.74) is 6.44. The monoisotopic (exact) mass is 438 g/mol. The van der Waals surface area contributed by atoms with Crippen LogP contribution in [0.15, 0.2) is 30.3 Å². The molecule has 2 rings (SSSR count). The van der Waals surface area contributed by atoms with E-state index in [-0.39, 0.29) is 38.3 Å². The molecule has 9 nitrogen and oxygen atoms in total. The number of hydrogen-bond acceptors (Lipinski definition) is 4. The first-order valence-corrected chi connectivity index (χ1v) is 11.7. The molecule has 6 N–H and O–H groups in total. The number of carboxylic acids is 1. The average Bonchev–Trinajstić information content (AvgIpc) is 2.70. The number of rotatable bonds is 8. The fourth-order valence-corrected chi connectivity index (χ4v) is 6.63. The molecule has 0 aliphatic carbocycles. The fourth-order valence-electron chi connectivity index (χ4n) is 3.85. The lowest BCUT2D eigenvalue weighted by Gasteiger charge is -2.44. The van der Waals surface area contributed by atoms with Gasteiger partial charge in [-0.15, -0.1) is 0 Å². The fraction of sp³-hybridized carbons (Fsp3) is 0.550. The normalized spacial score (nSPS) is 19.0. The van der Waals surface area contributed by atoms with Crippen molar-refractivity contribution in [2.45, 2.75) is 50.5 Å². The summed E-state index contributed by atoms with van der Waals surface area (Å²) in [7, 11) is -4.40. The molecular weight excluding hydrogens is 407 g/mol. The molecule has 166 valence electrons. The Morgan fingerprint density at radius 3 is 2.30 bits per heavy atom. The van der Waals surface area contributed by atoms with E-state index in [0.29, 0.717) is 6.42 Å². The van der Waals surface area contributed by atoms with E-state index in [9.17, 15) is 24.2 Å². The van der Waals surface area contributed by atoms with E-state index in [0.717, 1.165) is 5.56 Å². The molecular formula is C20H31N4O5P. The lowest BCUT2D eigenvalue weighted by Crippen LogP contribution is -2.55. The third-order valence-electron chi connectivity index (χ3n) is 5.74. The second-order valence-electron chi connectivity index (χ2n) is 8.07. The van der Waals surface area contributed by atoms with Crippen LogP contribution in [0.25, 0.3) is 0 Å². The van der Waals surface area contributed by atoms with Gasteiger partial charge in [0.25, 0.3) is 0 Å². The van der Waals surface area contributed by atoms with Crippen LogP contribution in [0.5, 0.6) is 0 Å². The minimum absolute atomic E-state index is 0.0962. The highest BCUT2D eigenvalue weighted by Gasteiger charge is 2.59. The molecule has 0 radical (unpaired) electrons. The van der Waals surface area contributed by atoms with Gasteiger partial charge in [0.15, 0.2) is 5.96 Å². The number of benzene rings is 1. The predicted molar refractivity (Wildman–Crippen MR) is 114 cm³/mol. The second-order valence-corrected chi connectivity index (χ2v) is 10.7. The number of carbonyl (C=O) groups excluding carboxylic acids is 1. The molecule has 1 saturated heterocycles. The Labute approximate surface area is 176 Å². The quantitative estimate of drug-likeness (QED) is 0.235. The van der Waals surface area contributed by atoms with Gasteiger partial charge in [0.05, 0.1) is 0 Å². The van der Waals surface area contributed by atoms with Crippen molar-refractivity contribution in [3.8, 4) is 0 Å². The van der Waals surface area contributed by atoms with Gasteiger partial charge < -0.3 is 26.0 Å². The van der Waals surface area contributed by atoms with Crippen LogP contribution in [0.3, 0.4) is 0 Å². The van der Waals surface area contributed by atoms with Crippen molar-refractivity contribution in [1.29, 1.82) is 5.41 Å². The maximum Gasteiger partial charge on any atom is 0.319 e. The largest absolute Gasteiger partial charge is 0.480 e. The zero-order valence-corrected chi connectivity index (χ0v) is 18.3. The van der Waals surface area contributed by atoms with Gasteiger partial charge in [-0.1, -0.05) is 44.2 Å². The Bertz CT molecular complexity index is 822. The number of nitrogens with one attached hydrogen (secondary N) is 2. The summed E-state index contributed by atoms with van der Waals surface area (Å²) < 4.78 is 13.6. The number of nitrogens with zero attached hydrogens (tertiary/aromatic N) is 1. The molecule has 1 aromatic rings. The Morgan fingerprint density at radius 1 is 1.27 bits per heavy atom. The molecule has 1 heterocycles. The van der Waals surface area contributed by atoms with E-state index in [1.54, 1.807) is 13.8 Å². The van der Waals surface area contributed by atoms with Crippen molar-refractivity contribution in [3.63, 3.8) is 0 Å². The van der Waals surface area contributed by atoms with E-state index < -0.39 is 36.1 Å². The lowest BCUT2D eigenvalue weighted by molar-refractivity contribution is -0.141. The van der Waals surface area contributed by atoms with Gasteiger partial charge in [-0.3, -0.25) is 19.6 Å². The number of amides is 1. The molecule has 10 heteroatoms. The summed E-state index contributed by atoms with van der Waals surface area (Å²) in [4.78, 5) is 37.3. The van der Waals surface area contributed by atoms with Crippen molar-refractivity contribution in [1.82, 2.24) is 10.2 Å². The molecule has 0 aromatic heterocycles. The van der Waals surface area contributed by atoms with Gasteiger partial charge in [0, 0.05) is 19.5 Å². The number of aliphatic carboxylic acids is 1. The number of likely N-dealkylation sites (tertiary alicyclic amines) is 1. The van der Waals surface area contributed by atoms with Crippen LogP contribution in [-0.4, -0.2) is 56.8 Å². The number of nitrogens with two attached hydrogens (primary N) is 1. The van der Waals surface area contributed by atoms with Crippen molar-refractivity contribution in [2.24, 2.45) is 11.7 Å². The molecule has 1 aliphatic heterocycles. The van der Waals surface area contributed by atoms with Gasteiger partial charge in [0.1, 0.15) is 10.9 Å². The van der Waals surface area contributed by atoms with Crippen LogP contribution in [0.2, 0.25) is 0 Å². The smallest absolute Gasteiger partial charge is 0.319 e. The van der Waals surface area contributed by atoms with E-state index in [1.165, 1.54) is 4.90 Å². The van der Waals surface area contributed by atoms with Gasteiger partial charge in [-0.25, -0.2) is 0 Å². The lowest BCUT2D eigenvalue weighted by atomic mass is 9.96. The summed E-state index contributed by atoms with van der Waals surface area (Å²) in [6, 6.07) is 9.41. The Hall–Kier alpha value is -2.38. The van der Waals surface area contributed by atoms with Crippen LogP contribution in [0.4, 0.5) is 0 Å². The summed E-state index contributed by atoms with van der Waals surface area (Å²) in [5.74, 6) is -3.57. The predicted octanol–water partition coefficient (Wildman–Crippen LogP) is 1.80. The number of guanidine groups is 1. The molecule has 0 bridgehead atoms. The highest BCUT2D eigenvalue weighted by Crippen LogP contribution is 2.63. The first kappa shape index (κ1) is 23.9. The molecule has 30 heavy (non-hydrogen) atoms. The van der Waals surface area contributed by atoms with Crippen LogP contribution >= 0.6 is 7.37 Å². The molecule has 1 aromatic carbocycles. The van der Waals surface area contributed by atoms with Gasteiger partial charge in [-0.2, -0.15) is 0 Å². The molecule has 1 amide bonds. The number of carbonyl (C=O) groups is 2. The number of aryl methyl sites for hydroxylation is 1. The standard InChI is InChI=1S/C20H31N4O5P/c1-14(2)17(23-16(25)9-8-15-6-4-3-5-7-15)30(28,29)20(18(26)27)10-12-24(13-11-20)19(21)22/h3-7,14,17H,8-13H2,1-2H3,(H3,21,22)(H,23,25)(H,26,27)(H,28,29). The topological polar surface area (TPSA) is 157 Å². The van der Waals surface area contributed by atoms with E-state index in [2.05, 4.69) is 5.32 Å². The SMILES string of the molecule is CC(C)C(NC(=O)CCc1ccccc1)P(=O)(O)C1(C(=O)O)CCN(C(=N)N)CC1. The van der Waals surface area contributed by atoms with Gasteiger partial charge in [-0.05, 0) is 30.7 Å². The van der Waals surface area contributed by atoms with Gasteiger partial charge >= 0.3 is 5.97 Å². The first-order valence-electron chi connectivity index (χ1n) is 9.99. The number of carboxylic acid groups (broad SMARTS) is 1. The Balaban J connectivity index is 2.19. The Kier molecular flexibility index (Phi) is 7.66. The maximum atomic E-state index is 13.6.